The number of carbonyl (C=O) groups is 3. The van der Waals surface area contributed by atoms with Gasteiger partial charge < -0.3 is 30.2 Å². The van der Waals surface area contributed by atoms with Gasteiger partial charge in [-0.15, -0.1) is 0 Å². The highest BCUT2D eigenvalue weighted by molar-refractivity contribution is 5.93. The summed E-state index contributed by atoms with van der Waals surface area (Å²) in [5.74, 6) is -1.11. The van der Waals surface area contributed by atoms with Crippen molar-refractivity contribution in [2.75, 3.05) is 51.7 Å². The predicted octanol–water partition coefficient (Wildman–Crippen LogP) is 2.47. The van der Waals surface area contributed by atoms with Crippen LogP contribution in [-0.2, 0) is 27.2 Å². The van der Waals surface area contributed by atoms with E-state index in [0.717, 1.165) is 38.3 Å². The molecule has 0 aliphatic carbocycles. The van der Waals surface area contributed by atoms with Crippen LogP contribution in [0.25, 0.3) is 11.4 Å². The Balaban J connectivity index is 0.000000611. The Morgan fingerprint density at radius 2 is 1.68 bits per heavy atom. The molecule has 1 fully saturated rings. The first kappa shape index (κ1) is 32.4. The Bertz CT molecular complexity index is 1190. The van der Waals surface area contributed by atoms with Crippen molar-refractivity contribution < 1.29 is 29.3 Å². The summed E-state index contributed by atoms with van der Waals surface area (Å²) in [5, 5.41) is 18.8. The van der Waals surface area contributed by atoms with Crippen LogP contribution in [0.15, 0.2) is 23.0 Å². The molecular weight excluding hydrogens is 518 g/mol. The molecule has 1 aliphatic heterocycles. The Labute approximate surface area is 234 Å². The van der Waals surface area contributed by atoms with Crippen LogP contribution in [0.4, 0.5) is 5.69 Å². The predicted molar refractivity (Wildman–Crippen MR) is 152 cm³/mol. The van der Waals surface area contributed by atoms with Crippen LogP contribution in [0.1, 0.15) is 51.3 Å². The topological polar surface area (TPSA) is 165 Å². The fourth-order valence-electron chi connectivity index (χ4n) is 4.08. The Kier molecular flexibility index (Phi) is 13.3. The van der Waals surface area contributed by atoms with E-state index in [2.05, 4.69) is 27.1 Å². The number of aliphatic carboxylic acids is 2. The van der Waals surface area contributed by atoms with E-state index in [1.807, 2.05) is 39.0 Å². The molecule has 0 radical (unpaired) electrons. The second-order valence-corrected chi connectivity index (χ2v) is 9.52. The number of amides is 1. The molecule has 0 bridgehead atoms. The quantitative estimate of drug-likeness (QED) is 0.303. The molecule has 0 unspecified atom stereocenters. The zero-order valence-corrected chi connectivity index (χ0v) is 23.8. The lowest BCUT2D eigenvalue weighted by molar-refractivity contribution is -0.143. The number of H-pyrrole nitrogens is 1. The lowest BCUT2D eigenvalue weighted by Crippen LogP contribution is -2.47. The van der Waals surface area contributed by atoms with Gasteiger partial charge in [-0.25, -0.2) is 4.98 Å². The van der Waals surface area contributed by atoms with Gasteiger partial charge in [0, 0.05) is 37.4 Å². The van der Waals surface area contributed by atoms with Crippen LogP contribution in [-0.4, -0.2) is 94.2 Å². The molecule has 1 saturated heterocycles. The van der Waals surface area contributed by atoms with Gasteiger partial charge in [-0.2, -0.15) is 0 Å². The Morgan fingerprint density at radius 1 is 1.02 bits per heavy atom. The van der Waals surface area contributed by atoms with E-state index in [1.165, 1.54) is 0 Å². The third-order valence-electron chi connectivity index (χ3n) is 6.29. The number of piperazine rings is 1. The number of aromatic amines is 1. The van der Waals surface area contributed by atoms with Gasteiger partial charge in [0.05, 0.1) is 37.3 Å². The summed E-state index contributed by atoms with van der Waals surface area (Å²) in [5.41, 5.74) is 2.70. The number of aryl methyl sites for hydroxylation is 1. The van der Waals surface area contributed by atoms with Crippen LogP contribution in [0.3, 0.4) is 0 Å². The average molecular weight is 560 g/mol. The SMILES string of the molecule is CCCOc1ccc(NC(=O)CN2CCN(C)CC2)cc1-c1nc(CC)c(CC)c(=O)[nH]1.O=C(O)CCC(=O)O. The minimum atomic E-state index is -1.08. The maximum absolute atomic E-state index is 12.6. The summed E-state index contributed by atoms with van der Waals surface area (Å²) >= 11 is 0. The molecule has 0 saturated carbocycles. The number of aromatic nitrogens is 2. The van der Waals surface area contributed by atoms with Gasteiger partial charge >= 0.3 is 11.9 Å². The number of rotatable bonds is 12. The summed E-state index contributed by atoms with van der Waals surface area (Å²) in [6.07, 6.45) is 1.58. The molecule has 2 aromatic rings. The summed E-state index contributed by atoms with van der Waals surface area (Å²) < 4.78 is 5.91. The van der Waals surface area contributed by atoms with Crippen LogP contribution >= 0.6 is 0 Å². The highest BCUT2D eigenvalue weighted by Crippen LogP contribution is 2.31. The first-order valence-electron chi connectivity index (χ1n) is 13.6. The number of nitrogens with zero attached hydrogens (tertiary/aromatic N) is 3. The largest absolute Gasteiger partial charge is 0.493 e. The molecule has 40 heavy (non-hydrogen) atoms. The second-order valence-electron chi connectivity index (χ2n) is 9.52. The van der Waals surface area contributed by atoms with E-state index in [1.54, 1.807) is 0 Å². The lowest BCUT2D eigenvalue weighted by Gasteiger charge is -2.31. The first-order chi connectivity index (χ1) is 19.1. The van der Waals surface area contributed by atoms with Gasteiger partial charge in [-0.05, 0) is 44.5 Å². The molecule has 0 atom stereocenters. The van der Waals surface area contributed by atoms with Gasteiger partial charge in [-0.1, -0.05) is 20.8 Å². The number of carboxylic acid groups (broad SMARTS) is 2. The molecule has 12 nitrogen and oxygen atoms in total. The summed E-state index contributed by atoms with van der Waals surface area (Å²) in [4.78, 5) is 56.6. The molecule has 1 aromatic heterocycles. The number of likely N-dealkylation sites (N-methyl/N-ethyl adjacent to an activating group) is 1. The second kappa shape index (κ2) is 16.4. The molecule has 1 aromatic carbocycles. The third-order valence-corrected chi connectivity index (χ3v) is 6.29. The number of benzene rings is 1. The van der Waals surface area contributed by atoms with Crippen molar-refractivity contribution in [3.05, 3.63) is 39.8 Å². The van der Waals surface area contributed by atoms with E-state index < -0.39 is 11.9 Å². The van der Waals surface area contributed by atoms with E-state index in [0.29, 0.717) is 54.4 Å². The summed E-state index contributed by atoms with van der Waals surface area (Å²) in [6, 6.07) is 5.49. The minimum Gasteiger partial charge on any atom is -0.493 e. The van der Waals surface area contributed by atoms with Crippen LogP contribution in [0.2, 0.25) is 0 Å². The normalized spacial score (nSPS) is 13.7. The standard InChI is InChI=1S/C24H35N5O3.C4H6O4/c1-5-14-32-21-9-8-17(25-22(30)16-29-12-10-28(4)11-13-29)15-19(21)23-26-20(7-3)18(6-2)24(31)27-23;5-3(6)1-2-4(7)8/h8-9,15H,5-7,10-14,16H2,1-4H3,(H,25,30)(H,26,27,31);1-2H2,(H,5,6)(H,7,8). The molecular formula is C28H41N5O7. The fraction of sp³-hybridized carbons (Fsp3) is 0.536. The van der Waals surface area contributed by atoms with Gasteiger partial charge in [0.2, 0.25) is 5.91 Å². The molecule has 220 valence electrons. The zero-order chi connectivity index (χ0) is 29.7. The van der Waals surface area contributed by atoms with Gasteiger partial charge in [0.15, 0.2) is 0 Å². The van der Waals surface area contributed by atoms with Gasteiger partial charge in [0.1, 0.15) is 11.6 Å². The lowest BCUT2D eigenvalue weighted by atomic mass is 10.1. The minimum absolute atomic E-state index is 0.0558. The Morgan fingerprint density at radius 3 is 2.23 bits per heavy atom. The van der Waals surface area contributed by atoms with Crippen molar-refractivity contribution in [2.45, 2.75) is 52.9 Å². The van der Waals surface area contributed by atoms with Crippen molar-refractivity contribution >= 4 is 23.5 Å². The summed E-state index contributed by atoms with van der Waals surface area (Å²) in [7, 11) is 2.09. The van der Waals surface area contributed by atoms with Crippen LogP contribution < -0.4 is 15.6 Å². The van der Waals surface area contributed by atoms with E-state index in [9.17, 15) is 19.2 Å². The molecule has 12 heteroatoms. The molecule has 3 rings (SSSR count). The van der Waals surface area contributed by atoms with Crippen molar-refractivity contribution in [1.29, 1.82) is 0 Å². The van der Waals surface area contributed by atoms with Crippen LogP contribution in [0.5, 0.6) is 5.75 Å². The van der Waals surface area contributed by atoms with Crippen molar-refractivity contribution in [2.24, 2.45) is 0 Å². The highest BCUT2D eigenvalue weighted by atomic mass is 16.5. The number of ether oxygens (including phenoxy) is 1. The van der Waals surface area contributed by atoms with Crippen molar-refractivity contribution in [1.82, 2.24) is 19.8 Å². The van der Waals surface area contributed by atoms with E-state index in [-0.39, 0.29) is 24.3 Å². The van der Waals surface area contributed by atoms with E-state index >= 15 is 0 Å². The molecule has 1 amide bonds. The van der Waals surface area contributed by atoms with Gasteiger partial charge in [0.25, 0.3) is 5.56 Å². The summed E-state index contributed by atoms with van der Waals surface area (Å²) in [6.45, 7) is 10.6. The molecule has 4 N–H and O–H groups in total. The molecule has 1 aliphatic rings. The van der Waals surface area contributed by atoms with Crippen molar-refractivity contribution in [3.8, 4) is 17.1 Å². The number of carboxylic acids is 2. The molecule has 2 heterocycles. The number of hydrogen-bond donors (Lipinski definition) is 4. The number of nitrogens with one attached hydrogen (secondary N) is 2. The van der Waals surface area contributed by atoms with Crippen molar-refractivity contribution in [3.63, 3.8) is 0 Å². The maximum atomic E-state index is 12.6. The van der Waals surface area contributed by atoms with Crippen LogP contribution in [0, 0.1) is 0 Å². The Hall–Kier alpha value is -3.77. The third kappa shape index (κ3) is 10.4. The monoisotopic (exact) mass is 559 g/mol. The maximum Gasteiger partial charge on any atom is 0.303 e. The zero-order valence-electron chi connectivity index (χ0n) is 23.8. The number of anilines is 1. The number of hydrogen-bond acceptors (Lipinski definition) is 8. The highest BCUT2D eigenvalue weighted by Gasteiger charge is 2.18. The first-order valence-corrected chi connectivity index (χ1v) is 13.6. The average Bonchev–Trinajstić information content (AvgIpc) is 2.92. The number of carbonyl (C=O) groups excluding carboxylic acids is 1. The molecule has 0 spiro atoms. The van der Waals surface area contributed by atoms with E-state index in [4.69, 9.17) is 19.9 Å². The van der Waals surface area contributed by atoms with Gasteiger partial charge in [-0.3, -0.25) is 24.1 Å². The fourth-order valence-corrected chi connectivity index (χ4v) is 4.08. The smallest absolute Gasteiger partial charge is 0.303 e.